The number of likely N-dealkylation sites (N-methyl/N-ethyl adjacent to an activating group) is 1. The minimum absolute atomic E-state index is 0.0503. The predicted octanol–water partition coefficient (Wildman–Crippen LogP) is 2.22. The quantitative estimate of drug-likeness (QED) is 0.838. The first-order valence-electron chi connectivity index (χ1n) is 7.11. The summed E-state index contributed by atoms with van der Waals surface area (Å²) in [6, 6.07) is 6.02. The van der Waals surface area contributed by atoms with Crippen LogP contribution in [-0.4, -0.2) is 44.7 Å². The van der Waals surface area contributed by atoms with Gasteiger partial charge < -0.3 is 19.7 Å². The van der Waals surface area contributed by atoms with Gasteiger partial charge in [-0.25, -0.2) is 0 Å². The Balaban J connectivity index is 2.68. The van der Waals surface area contributed by atoms with Gasteiger partial charge in [0.15, 0.2) is 11.5 Å². The van der Waals surface area contributed by atoms with Crippen LogP contribution in [0.2, 0.25) is 0 Å². The van der Waals surface area contributed by atoms with Gasteiger partial charge in [-0.3, -0.25) is 4.79 Å². The molecule has 1 aromatic rings. The van der Waals surface area contributed by atoms with Crippen LogP contribution < -0.4 is 14.8 Å². The highest BCUT2D eigenvalue weighted by molar-refractivity contribution is 5.78. The highest BCUT2D eigenvalue weighted by Gasteiger charge is 2.14. The number of rotatable bonds is 7. The van der Waals surface area contributed by atoms with Gasteiger partial charge in [-0.1, -0.05) is 6.07 Å². The summed E-state index contributed by atoms with van der Waals surface area (Å²) in [6.45, 7) is 6.32. The van der Waals surface area contributed by atoms with Crippen molar-refractivity contribution in [2.45, 2.75) is 32.9 Å². The van der Waals surface area contributed by atoms with Crippen LogP contribution in [0.15, 0.2) is 18.2 Å². The van der Waals surface area contributed by atoms with Crippen LogP contribution in [0.4, 0.5) is 0 Å². The molecule has 1 N–H and O–H groups in total. The van der Waals surface area contributed by atoms with Gasteiger partial charge in [0, 0.05) is 19.1 Å². The Hall–Kier alpha value is -1.75. The van der Waals surface area contributed by atoms with E-state index in [-0.39, 0.29) is 18.0 Å². The van der Waals surface area contributed by atoms with Crippen molar-refractivity contribution in [3.05, 3.63) is 23.8 Å². The van der Waals surface area contributed by atoms with E-state index in [0.29, 0.717) is 18.0 Å². The van der Waals surface area contributed by atoms with Gasteiger partial charge in [0.05, 0.1) is 20.8 Å². The highest BCUT2D eigenvalue weighted by Crippen LogP contribution is 2.29. The van der Waals surface area contributed by atoms with Gasteiger partial charge in [-0.15, -0.1) is 0 Å². The number of carbonyl (C=O) groups excluding carboxylic acids is 1. The molecule has 0 fully saturated rings. The summed E-state index contributed by atoms with van der Waals surface area (Å²) in [5, 5.41) is 3.24. The molecule has 0 saturated heterocycles. The van der Waals surface area contributed by atoms with Gasteiger partial charge in [0.25, 0.3) is 0 Å². The fraction of sp³-hybridized carbons (Fsp3) is 0.562. The van der Waals surface area contributed by atoms with E-state index < -0.39 is 0 Å². The Morgan fingerprint density at radius 2 is 1.81 bits per heavy atom. The van der Waals surface area contributed by atoms with Gasteiger partial charge in [0.1, 0.15) is 0 Å². The average molecular weight is 294 g/mol. The van der Waals surface area contributed by atoms with Crippen molar-refractivity contribution in [2.75, 3.05) is 27.8 Å². The van der Waals surface area contributed by atoms with Crippen molar-refractivity contribution < 1.29 is 14.3 Å². The largest absolute Gasteiger partial charge is 0.493 e. The highest BCUT2D eigenvalue weighted by atomic mass is 16.5. The first kappa shape index (κ1) is 17.3. The van der Waals surface area contributed by atoms with Crippen molar-refractivity contribution in [3.8, 4) is 11.5 Å². The third kappa shape index (κ3) is 4.63. The van der Waals surface area contributed by atoms with Gasteiger partial charge in [-0.2, -0.15) is 0 Å². The second-order valence-electron chi connectivity index (χ2n) is 5.32. The first-order valence-corrected chi connectivity index (χ1v) is 7.11. The van der Waals surface area contributed by atoms with Crippen LogP contribution in [0.3, 0.4) is 0 Å². The third-order valence-electron chi connectivity index (χ3n) is 3.64. The molecule has 0 aliphatic heterocycles. The molecule has 0 aromatic heterocycles. The molecule has 5 nitrogen and oxygen atoms in total. The third-order valence-corrected chi connectivity index (χ3v) is 3.64. The molecule has 0 spiro atoms. The number of carbonyl (C=O) groups is 1. The lowest BCUT2D eigenvalue weighted by atomic mass is 10.1. The molecule has 118 valence electrons. The molecule has 1 rings (SSSR count). The molecular formula is C16H26N2O3. The standard InChI is InChI=1S/C16H26N2O3/c1-11(2)18(4)16(19)10-17-12(3)13-7-8-14(20-5)15(9-13)21-6/h7-9,11-12,17H,10H2,1-6H3. The number of ether oxygens (including phenoxy) is 2. The molecular weight excluding hydrogens is 268 g/mol. The van der Waals surface area contributed by atoms with Crippen molar-refractivity contribution in [3.63, 3.8) is 0 Å². The monoisotopic (exact) mass is 294 g/mol. The normalized spacial score (nSPS) is 12.1. The van der Waals surface area contributed by atoms with Crippen LogP contribution in [0, 0.1) is 0 Å². The maximum Gasteiger partial charge on any atom is 0.236 e. The zero-order valence-electron chi connectivity index (χ0n) is 13.8. The summed E-state index contributed by atoms with van der Waals surface area (Å²) in [5.41, 5.74) is 1.05. The summed E-state index contributed by atoms with van der Waals surface area (Å²) >= 11 is 0. The average Bonchev–Trinajstić information content (AvgIpc) is 2.50. The van der Waals surface area contributed by atoms with E-state index in [1.807, 2.05) is 46.0 Å². The molecule has 1 unspecified atom stereocenters. The van der Waals surface area contributed by atoms with Crippen molar-refractivity contribution in [1.29, 1.82) is 0 Å². The summed E-state index contributed by atoms with van der Waals surface area (Å²) in [7, 11) is 5.04. The Morgan fingerprint density at radius 3 is 2.33 bits per heavy atom. The van der Waals surface area contributed by atoms with Gasteiger partial charge in [-0.05, 0) is 38.5 Å². The Bertz CT molecular complexity index is 475. The summed E-state index contributed by atoms with van der Waals surface area (Å²) in [5.74, 6) is 1.47. The Kier molecular flexibility index (Phi) is 6.49. The van der Waals surface area contributed by atoms with Gasteiger partial charge >= 0.3 is 0 Å². The minimum Gasteiger partial charge on any atom is -0.493 e. The fourth-order valence-corrected chi connectivity index (χ4v) is 1.89. The lowest BCUT2D eigenvalue weighted by Gasteiger charge is -2.23. The second-order valence-corrected chi connectivity index (χ2v) is 5.32. The fourth-order valence-electron chi connectivity index (χ4n) is 1.89. The van der Waals surface area contributed by atoms with E-state index in [1.54, 1.807) is 19.1 Å². The molecule has 1 amide bonds. The van der Waals surface area contributed by atoms with E-state index >= 15 is 0 Å². The van der Waals surface area contributed by atoms with E-state index in [2.05, 4.69) is 5.32 Å². The maximum absolute atomic E-state index is 12.0. The Morgan fingerprint density at radius 1 is 1.19 bits per heavy atom. The van der Waals surface area contributed by atoms with E-state index in [4.69, 9.17) is 9.47 Å². The van der Waals surface area contributed by atoms with Crippen LogP contribution in [0.1, 0.15) is 32.4 Å². The number of nitrogens with zero attached hydrogens (tertiary/aromatic N) is 1. The van der Waals surface area contributed by atoms with Crippen LogP contribution >= 0.6 is 0 Å². The van der Waals surface area contributed by atoms with Crippen LogP contribution in [-0.2, 0) is 4.79 Å². The topological polar surface area (TPSA) is 50.8 Å². The minimum atomic E-state index is 0.0503. The zero-order valence-corrected chi connectivity index (χ0v) is 13.8. The number of nitrogens with one attached hydrogen (secondary N) is 1. The van der Waals surface area contributed by atoms with E-state index in [1.165, 1.54) is 0 Å². The summed E-state index contributed by atoms with van der Waals surface area (Å²) in [6.07, 6.45) is 0. The lowest BCUT2D eigenvalue weighted by Crippen LogP contribution is -2.40. The first-order chi connectivity index (χ1) is 9.90. The maximum atomic E-state index is 12.0. The Labute approximate surface area is 127 Å². The summed E-state index contributed by atoms with van der Waals surface area (Å²) in [4.78, 5) is 13.7. The molecule has 5 heteroatoms. The molecule has 0 heterocycles. The molecule has 0 aliphatic rings. The number of amides is 1. The number of benzene rings is 1. The van der Waals surface area contributed by atoms with E-state index in [0.717, 1.165) is 5.56 Å². The molecule has 0 aliphatic carbocycles. The predicted molar refractivity (Wildman–Crippen MR) is 83.9 cm³/mol. The lowest BCUT2D eigenvalue weighted by molar-refractivity contribution is -0.130. The smallest absolute Gasteiger partial charge is 0.236 e. The molecule has 21 heavy (non-hydrogen) atoms. The van der Waals surface area contributed by atoms with E-state index in [9.17, 15) is 4.79 Å². The molecule has 0 saturated carbocycles. The molecule has 1 aromatic carbocycles. The summed E-state index contributed by atoms with van der Waals surface area (Å²) < 4.78 is 10.5. The molecule has 0 radical (unpaired) electrons. The zero-order chi connectivity index (χ0) is 16.0. The van der Waals surface area contributed by atoms with Gasteiger partial charge in [0.2, 0.25) is 5.91 Å². The van der Waals surface area contributed by atoms with Crippen molar-refractivity contribution >= 4 is 5.91 Å². The number of hydrogen-bond donors (Lipinski definition) is 1. The SMILES string of the molecule is COc1ccc(C(C)NCC(=O)N(C)C(C)C)cc1OC. The van der Waals surface area contributed by atoms with Crippen LogP contribution in [0.25, 0.3) is 0 Å². The number of hydrogen-bond acceptors (Lipinski definition) is 4. The molecule has 0 bridgehead atoms. The van der Waals surface area contributed by atoms with Crippen LogP contribution in [0.5, 0.6) is 11.5 Å². The second kappa shape index (κ2) is 7.88. The molecule has 1 atom stereocenters. The van der Waals surface area contributed by atoms with Crippen molar-refractivity contribution in [1.82, 2.24) is 10.2 Å². The van der Waals surface area contributed by atoms with Crippen molar-refractivity contribution in [2.24, 2.45) is 0 Å². The number of methoxy groups -OCH3 is 2.